The van der Waals surface area contributed by atoms with E-state index in [-0.39, 0.29) is 6.03 Å². The molecule has 0 bridgehead atoms. The lowest BCUT2D eigenvalue weighted by Crippen LogP contribution is -2.47. The summed E-state index contributed by atoms with van der Waals surface area (Å²) in [4.78, 5) is 24.8. The maximum atomic E-state index is 12.0. The second-order valence-electron chi connectivity index (χ2n) is 4.98. The standard InChI is InChI=1S/C13H24N2O4/c1-3-10-6-7-15(9-10)13(18)14-11(12(16)17)5-4-8-19-2/h10-11H,3-9H2,1-2H3,(H,14,18)(H,16,17). The van der Waals surface area contributed by atoms with Crippen molar-refractivity contribution in [3.05, 3.63) is 0 Å². The number of aliphatic carboxylic acids is 1. The summed E-state index contributed by atoms with van der Waals surface area (Å²) in [5.41, 5.74) is 0. The third-order valence-corrected chi connectivity index (χ3v) is 3.59. The highest BCUT2D eigenvalue weighted by Crippen LogP contribution is 2.19. The van der Waals surface area contributed by atoms with Crippen molar-refractivity contribution in [2.24, 2.45) is 5.92 Å². The average Bonchev–Trinajstić information content (AvgIpc) is 2.86. The minimum absolute atomic E-state index is 0.263. The molecule has 19 heavy (non-hydrogen) atoms. The van der Waals surface area contributed by atoms with E-state index in [2.05, 4.69) is 12.2 Å². The molecule has 2 amide bonds. The van der Waals surface area contributed by atoms with Crippen LogP contribution in [0.5, 0.6) is 0 Å². The molecule has 2 N–H and O–H groups in total. The topological polar surface area (TPSA) is 78.9 Å². The first-order valence-corrected chi connectivity index (χ1v) is 6.85. The van der Waals surface area contributed by atoms with Crippen LogP contribution in [0.1, 0.15) is 32.6 Å². The highest BCUT2D eigenvalue weighted by atomic mass is 16.5. The van der Waals surface area contributed by atoms with E-state index in [1.54, 1.807) is 12.0 Å². The second kappa shape index (κ2) is 7.99. The Morgan fingerprint density at radius 2 is 2.26 bits per heavy atom. The van der Waals surface area contributed by atoms with E-state index in [1.807, 2.05) is 0 Å². The zero-order chi connectivity index (χ0) is 14.3. The molecule has 1 aliphatic rings. The first kappa shape index (κ1) is 15.8. The van der Waals surface area contributed by atoms with Crippen LogP contribution in [0.3, 0.4) is 0 Å². The third-order valence-electron chi connectivity index (χ3n) is 3.59. The largest absolute Gasteiger partial charge is 0.480 e. The van der Waals surface area contributed by atoms with Crippen LogP contribution in [0.4, 0.5) is 4.79 Å². The van der Waals surface area contributed by atoms with Gasteiger partial charge in [-0.1, -0.05) is 13.3 Å². The van der Waals surface area contributed by atoms with Crippen molar-refractivity contribution < 1.29 is 19.4 Å². The number of nitrogens with one attached hydrogen (secondary N) is 1. The summed E-state index contributed by atoms with van der Waals surface area (Å²) in [5.74, 6) is -0.446. The van der Waals surface area contributed by atoms with E-state index in [4.69, 9.17) is 9.84 Å². The summed E-state index contributed by atoms with van der Waals surface area (Å²) in [6.45, 7) is 4.06. The number of rotatable bonds is 7. The van der Waals surface area contributed by atoms with Gasteiger partial charge in [0.2, 0.25) is 0 Å². The van der Waals surface area contributed by atoms with Gasteiger partial charge in [0, 0.05) is 26.8 Å². The Hall–Kier alpha value is -1.30. The molecule has 0 saturated carbocycles. The van der Waals surface area contributed by atoms with Gasteiger partial charge in [0.25, 0.3) is 0 Å². The molecule has 2 atom stereocenters. The monoisotopic (exact) mass is 272 g/mol. The molecule has 110 valence electrons. The predicted molar refractivity (Wildman–Crippen MR) is 71.0 cm³/mol. The van der Waals surface area contributed by atoms with Crippen LogP contribution in [0, 0.1) is 5.92 Å². The van der Waals surface area contributed by atoms with Crippen molar-refractivity contribution in [1.82, 2.24) is 10.2 Å². The number of carbonyl (C=O) groups excluding carboxylic acids is 1. The van der Waals surface area contributed by atoms with E-state index in [0.29, 0.717) is 25.4 Å². The molecule has 1 fully saturated rings. The number of ether oxygens (including phenoxy) is 1. The van der Waals surface area contributed by atoms with Gasteiger partial charge in [-0.2, -0.15) is 0 Å². The first-order valence-electron chi connectivity index (χ1n) is 6.85. The Morgan fingerprint density at radius 3 is 2.79 bits per heavy atom. The number of urea groups is 1. The Kier molecular flexibility index (Phi) is 6.62. The van der Waals surface area contributed by atoms with Crippen molar-refractivity contribution >= 4 is 12.0 Å². The highest BCUT2D eigenvalue weighted by Gasteiger charge is 2.28. The average molecular weight is 272 g/mol. The minimum Gasteiger partial charge on any atom is -0.480 e. The number of carbonyl (C=O) groups is 2. The molecule has 0 aromatic heterocycles. The van der Waals surface area contributed by atoms with Gasteiger partial charge in [0.05, 0.1) is 0 Å². The smallest absolute Gasteiger partial charge is 0.326 e. The molecule has 2 unspecified atom stereocenters. The molecule has 0 aliphatic carbocycles. The van der Waals surface area contributed by atoms with Crippen LogP contribution in [0.2, 0.25) is 0 Å². The molecule has 0 aromatic rings. The fourth-order valence-corrected chi connectivity index (χ4v) is 2.28. The summed E-state index contributed by atoms with van der Waals surface area (Å²) >= 11 is 0. The molecular weight excluding hydrogens is 248 g/mol. The van der Waals surface area contributed by atoms with E-state index in [0.717, 1.165) is 25.9 Å². The molecule has 0 aromatic carbocycles. The Morgan fingerprint density at radius 1 is 1.53 bits per heavy atom. The van der Waals surface area contributed by atoms with Crippen LogP contribution in [0.25, 0.3) is 0 Å². The normalized spacial score (nSPS) is 20.3. The van der Waals surface area contributed by atoms with Gasteiger partial charge in [-0.05, 0) is 25.2 Å². The summed E-state index contributed by atoms with van der Waals surface area (Å²) in [6, 6.07) is -1.09. The molecule has 6 heteroatoms. The van der Waals surface area contributed by atoms with Crippen LogP contribution >= 0.6 is 0 Å². The molecular formula is C13H24N2O4. The number of carboxylic acid groups (broad SMARTS) is 1. The molecule has 1 saturated heterocycles. The number of hydrogen-bond acceptors (Lipinski definition) is 3. The van der Waals surface area contributed by atoms with Gasteiger partial charge >= 0.3 is 12.0 Å². The molecule has 1 rings (SSSR count). The van der Waals surface area contributed by atoms with Crippen molar-refractivity contribution in [1.29, 1.82) is 0 Å². The second-order valence-corrected chi connectivity index (χ2v) is 4.98. The fraction of sp³-hybridized carbons (Fsp3) is 0.846. The van der Waals surface area contributed by atoms with E-state index < -0.39 is 12.0 Å². The Labute approximate surface area is 114 Å². The quantitative estimate of drug-likeness (QED) is 0.685. The lowest BCUT2D eigenvalue weighted by atomic mass is 10.1. The van der Waals surface area contributed by atoms with Gasteiger partial charge in [-0.25, -0.2) is 9.59 Å². The van der Waals surface area contributed by atoms with Crippen molar-refractivity contribution in [3.63, 3.8) is 0 Å². The number of carboxylic acids is 1. The van der Waals surface area contributed by atoms with Gasteiger partial charge in [-0.15, -0.1) is 0 Å². The van der Waals surface area contributed by atoms with Crippen LogP contribution in [0.15, 0.2) is 0 Å². The van der Waals surface area contributed by atoms with Crippen LogP contribution in [-0.2, 0) is 9.53 Å². The number of likely N-dealkylation sites (tertiary alicyclic amines) is 1. The lowest BCUT2D eigenvalue weighted by Gasteiger charge is -2.21. The number of amides is 2. The van der Waals surface area contributed by atoms with Crippen molar-refractivity contribution in [3.8, 4) is 0 Å². The van der Waals surface area contributed by atoms with Gasteiger partial charge < -0.3 is 20.1 Å². The van der Waals surface area contributed by atoms with Crippen LogP contribution < -0.4 is 5.32 Å². The highest BCUT2D eigenvalue weighted by molar-refractivity contribution is 5.82. The molecule has 1 aliphatic heterocycles. The zero-order valence-corrected chi connectivity index (χ0v) is 11.7. The van der Waals surface area contributed by atoms with Crippen molar-refractivity contribution in [2.45, 2.75) is 38.6 Å². The number of methoxy groups -OCH3 is 1. The van der Waals surface area contributed by atoms with Gasteiger partial charge in [-0.3, -0.25) is 0 Å². The summed E-state index contributed by atoms with van der Waals surface area (Å²) in [7, 11) is 1.57. The van der Waals surface area contributed by atoms with E-state index in [1.165, 1.54) is 0 Å². The maximum Gasteiger partial charge on any atom is 0.326 e. The summed E-state index contributed by atoms with van der Waals surface area (Å²) in [5, 5.41) is 11.7. The van der Waals surface area contributed by atoms with E-state index >= 15 is 0 Å². The van der Waals surface area contributed by atoms with Crippen LogP contribution in [-0.4, -0.2) is 54.9 Å². The third kappa shape index (κ3) is 5.06. The molecule has 1 heterocycles. The zero-order valence-electron chi connectivity index (χ0n) is 11.7. The van der Waals surface area contributed by atoms with Gasteiger partial charge in [0.15, 0.2) is 0 Å². The molecule has 0 radical (unpaired) electrons. The van der Waals surface area contributed by atoms with Gasteiger partial charge in [0.1, 0.15) is 6.04 Å². The number of nitrogens with zero attached hydrogens (tertiary/aromatic N) is 1. The van der Waals surface area contributed by atoms with E-state index in [9.17, 15) is 9.59 Å². The lowest BCUT2D eigenvalue weighted by molar-refractivity contribution is -0.139. The predicted octanol–water partition coefficient (Wildman–Crippen LogP) is 1.31. The fourth-order valence-electron chi connectivity index (χ4n) is 2.28. The first-order chi connectivity index (χ1) is 9.08. The summed E-state index contributed by atoms with van der Waals surface area (Å²) < 4.78 is 4.89. The number of hydrogen-bond donors (Lipinski definition) is 2. The molecule has 0 spiro atoms. The minimum atomic E-state index is -0.990. The Bertz CT molecular complexity index is 309. The molecule has 6 nitrogen and oxygen atoms in total. The summed E-state index contributed by atoms with van der Waals surface area (Å²) in [6.07, 6.45) is 3.07. The van der Waals surface area contributed by atoms with Crippen molar-refractivity contribution in [2.75, 3.05) is 26.8 Å². The maximum absolute atomic E-state index is 12.0. The Balaban J connectivity index is 2.41. The SMILES string of the molecule is CCC1CCN(C(=O)NC(CCCOC)C(=O)O)C1.